The maximum Gasteiger partial charge on any atom is 0.416 e. The van der Waals surface area contributed by atoms with E-state index in [0.717, 1.165) is 23.5 Å². The van der Waals surface area contributed by atoms with Gasteiger partial charge >= 0.3 is 18.2 Å². The van der Waals surface area contributed by atoms with Crippen LogP contribution in [0.2, 0.25) is 0 Å². The van der Waals surface area contributed by atoms with E-state index < -0.39 is 23.7 Å². The Morgan fingerprint density at radius 1 is 1.27 bits per heavy atom. The normalized spacial score (nSPS) is 11.2. The number of benzene rings is 1. The van der Waals surface area contributed by atoms with Crippen LogP contribution in [0.15, 0.2) is 30.5 Å². The minimum Gasteiger partial charge on any atom is -0.481 e. The van der Waals surface area contributed by atoms with Crippen LogP contribution in [0.4, 0.5) is 23.1 Å². The van der Waals surface area contributed by atoms with Crippen LogP contribution >= 0.6 is 11.3 Å². The van der Waals surface area contributed by atoms with Gasteiger partial charge in [-0.1, -0.05) is 18.2 Å². The van der Waals surface area contributed by atoms with Gasteiger partial charge in [0.2, 0.25) is 0 Å². The van der Waals surface area contributed by atoms with Gasteiger partial charge in [-0.25, -0.2) is 9.78 Å². The molecule has 1 aromatic heterocycles. The van der Waals surface area contributed by atoms with E-state index in [4.69, 9.17) is 5.11 Å². The second-order valence-electron chi connectivity index (χ2n) is 5.38. The molecule has 1 aromatic carbocycles. The first-order valence-electron chi connectivity index (χ1n) is 7.61. The monoisotopic (exact) mass is 387 g/mol. The number of carbonyl (C=O) groups excluding carboxylic acids is 1. The van der Waals surface area contributed by atoms with E-state index in [9.17, 15) is 22.8 Å². The first kappa shape index (κ1) is 19.7. The zero-order valence-electron chi connectivity index (χ0n) is 13.5. The first-order chi connectivity index (χ1) is 12.2. The van der Waals surface area contributed by atoms with Crippen molar-refractivity contribution in [2.45, 2.75) is 25.4 Å². The summed E-state index contributed by atoms with van der Waals surface area (Å²) in [5.41, 5.74) is -0.216. The lowest BCUT2D eigenvalue weighted by molar-refractivity contribution is -0.138. The fourth-order valence-electron chi connectivity index (χ4n) is 2.09. The molecule has 0 aliphatic rings. The number of aromatic nitrogens is 1. The van der Waals surface area contributed by atoms with E-state index in [2.05, 4.69) is 15.6 Å². The average molecular weight is 387 g/mol. The summed E-state index contributed by atoms with van der Waals surface area (Å²) in [4.78, 5) is 26.7. The van der Waals surface area contributed by atoms with Crippen LogP contribution in [-0.4, -0.2) is 28.6 Å². The van der Waals surface area contributed by atoms with E-state index in [1.54, 1.807) is 6.07 Å². The summed E-state index contributed by atoms with van der Waals surface area (Å²) in [6.07, 6.45) is -2.37. The van der Waals surface area contributed by atoms with Gasteiger partial charge in [0.25, 0.3) is 0 Å². The Bertz CT molecular complexity index is 777. The lowest BCUT2D eigenvalue weighted by Crippen LogP contribution is -2.29. The lowest BCUT2D eigenvalue weighted by atomic mass is 10.1. The maximum atomic E-state index is 12.7. The number of nitrogens with one attached hydrogen (secondary N) is 2. The lowest BCUT2D eigenvalue weighted by Gasteiger charge is -2.07. The number of carbonyl (C=O) groups is 2. The fraction of sp³-hybridized carbons (Fsp3) is 0.312. The van der Waals surface area contributed by atoms with Crippen molar-refractivity contribution in [3.05, 3.63) is 46.5 Å². The summed E-state index contributed by atoms with van der Waals surface area (Å²) in [5.74, 6) is -0.939. The van der Waals surface area contributed by atoms with Crippen LogP contribution in [-0.2, 0) is 17.4 Å². The van der Waals surface area contributed by atoms with Crippen LogP contribution in [0.1, 0.15) is 28.8 Å². The number of alkyl halides is 3. The molecule has 2 rings (SSSR count). The molecule has 10 heteroatoms. The second kappa shape index (κ2) is 8.65. The first-order valence-corrected chi connectivity index (χ1v) is 8.43. The number of halogens is 3. The van der Waals surface area contributed by atoms with Crippen molar-refractivity contribution in [1.82, 2.24) is 10.3 Å². The molecule has 3 N–H and O–H groups in total. The molecule has 26 heavy (non-hydrogen) atoms. The number of hydrogen-bond acceptors (Lipinski definition) is 4. The summed E-state index contributed by atoms with van der Waals surface area (Å²) in [6, 6.07) is 4.52. The summed E-state index contributed by atoms with van der Waals surface area (Å²) in [6.45, 7) is 0.209. The van der Waals surface area contributed by atoms with Gasteiger partial charge in [-0.2, -0.15) is 13.2 Å². The zero-order valence-corrected chi connectivity index (χ0v) is 14.3. The maximum absolute atomic E-state index is 12.7. The number of carboxylic acid groups (broad SMARTS) is 1. The summed E-state index contributed by atoms with van der Waals surface area (Å²) < 4.78 is 38.2. The highest BCUT2D eigenvalue weighted by Crippen LogP contribution is 2.30. The van der Waals surface area contributed by atoms with Crippen molar-refractivity contribution in [3.8, 4) is 0 Å². The van der Waals surface area contributed by atoms with E-state index in [-0.39, 0.29) is 19.4 Å². The number of anilines is 1. The number of thiazole rings is 1. The Morgan fingerprint density at radius 2 is 2.04 bits per heavy atom. The number of nitrogens with zero attached hydrogens (tertiary/aromatic N) is 1. The van der Waals surface area contributed by atoms with Crippen LogP contribution in [0, 0.1) is 0 Å². The molecule has 0 radical (unpaired) electrons. The van der Waals surface area contributed by atoms with Crippen molar-refractivity contribution in [1.29, 1.82) is 0 Å². The molecule has 0 unspecified atom stereocenters. The van der Waals surface area contributed by atoms with E-state index in [1.165, 1.54) is 12.3 Å². The second-order valence-corrected chi connectivity index (χ2v) is 6.50. The molecular weight excluding hydrogens is 371 g/mol. The Labute approximate surface area is 151 Å². The molecule has 6 nitrogen and oxygen atoms in total. The SMILES string of the molecule is O=C(O)CCCNC(=O)Nc1ncc(Cc2cccc(C(F)(F)F)c2)s1. The van der Waals surface area contributed by atoms with Gasteiger partial charge in [-0.3, -0.25) is 10.1 Å². The molecule has 0 fully saturated rings. The predicted octanol–water partition coefficient (Wildman–Crippen LogP) is 3.74. The average Bonchev–Trinajstić information content (AvgIpc) is 2.98. The van der Waals surface area contributed by atoms with Crippen LogP contribution in [0.3, 0.4) is 0 Å². The molecule has 0 atom stereocenters. The molecular formula is C16H16F3N3O3S. The molecule has 0 bridgehead atoms. The van der Waals surface area contributed by atoms with Crippen molar-refractivity contribution >= 4 is 28.5 Å². The van der Waals surface area contributed by atoms with Gasteiger partial charge in [0.15, 0.2) is 5.13 Å². The third kappa shape index (κ3) is 6.36. The number of carboxylic acids is 1. The largest absolute Gasteiger partial charge is 0.481 e. The van der Waals surface area contributed by atoms with E-state index in [1.807, 2.05) is 0 Å². The van der Waals surface area contributed by atoms with Crippen LogP contribution < -0.4 is 10.6 Å². The van der Waals surface area contributed by atoms with Gasteiger partial charge in [0, 0.05) is 30.5 Å². The zero-order chi connectivity index (χ0) is 19.2. The number of amides is 2. The quantitative estimate of drug-likeness (QED) is 0.631. The molecule has 2 aromatic rings. The highest BCUT2D eigenvalue weighted by atomic mass is 32.1. The minimum absolute atomic E-state index is 0.0430. The van der Waals surface area contributed by atoms with Gasteiger partial charge < -0.3 is 10.4 Å². The highest BCUT2D eigenvalue weighted by Gasteiger charge is 2.30. The summed E-state index contributed by atoms with van der Waals surface area (Å²) >= 11 is 1.16. The van der Waals surface area contributed by atoms with Gasteiger partial charge in [-0.05, 0) is 18.1 Å². The minimum atomic E-state index is -4.39. The van der Waals surface area contributed by atoms with Crippen LogP contribution in [0.25, 0.3) is 0 Å². The molecule has 2 amide bonds. The Hall–Kier alpha value is -2.62. The summed E-state index contributed by atoms with van der Waals surface area (Å²) in [7, 11) is 0. The van der Waals surface area contributed by atoms with Gasteiger partial charge in [0.1, 0.15) is 0 Å². The number of hydrogen-bond donors (Lipinski definition) is 3. The van der Waals surface area contributed by atoms with Crippen molar-refractivity contribution in [3.63, 3.8) is 0 Å². The standard InChI is InChI=1S/C16H16F3N3O3S/c17-16(18,19)11-4-1-3-10(7-11)8-12-9-21-15(26-12)22-14(25)20-6-2-5-13(23)24/h1,3-4,7,9H,2,5-6,8H2,(H,23,24)(H2,20,21,22,25). The molecule has 1 heterocycles. The highest BCUT2D eigenvalue weighted by molar-refractivity contribution is 7.15. The number of rotatable bonds is 7. The molecule has 140 valence electrons. The van der Waals surface area contributed by atoms with Crippen molar-refractivity contribution < 1.29 is 27.9 Å². The topological polar surface area (TPSA) is 91.3 Å². The van der Waals surface area contributed by atoms with Crippen molar-refractivity contribution in [2.75, 3.05) is 11.9 Å². The number of urea groups is 1. The third-order valence-corrected chi connectivity index (χ3v) is 4.17. The molecule has 0 saturated carbocycles. The molecule has 0 saturated heterocycles. The van der Waals surface area contributed by atoms with Gasteiger partial charge in [0.05, 0.1) is 5.56 Å². The molecule has 0 aliphatic heterocycles. The smallest absolute Gasteiger partial charge is 0.416 e. The predicted molar refractivity (Wildman–Crippen MR) is 90.3 cm³/mol. The molecule has 0 aliphatic carbocycles. The summed E-state index contributed by atoms with van der Waals surface area (Å²) in [5, 5.41) is 13.8. The Kier molecular flexibility index (Phi) is 6.56. The van der Waals surface area contributed by atoms with Gasteiger partial charge in [-0.15, -0.1) is 11.3 Å². The Balaban J connectivity index is 1.88. The van der Waals surface area contributed by atoms with E-state index >= 15 is 0 Å². The van der Waals surface area contributed by atoms with E-state index in [0.29, 0.717) is 22.0 Å². The Morgan fingerprint density at radius 3 is 2.73 bits per heavy atom. The number of aliphatic carboxylic acids is 1. The molecule has 0 spiro atoms. The van der Waals surface area contributed by atoms with Crippen LogP contribution in [0.5, 0.6) is 0 Å². The third-order valence-electron chi connectivity index (χ3n) is 3.26. The van der Waals surface area contributed by atoms with Crippen molar-refractivity contribution in [2.24, 2.45) is 0 Å². The fourth-order valence-corrected chi connectivity index (χ4v) is 2.93.